The van der Waals surface area contributed by atoms with Crippen LogP contribution in [0.4, 0.5) is 5.69 Å². The predicted molar refractivity (Wildman–Crippen MR) is 74.2 cm³/mol. The first kappa shape index (κ1) is 13.6. The third-order valence-corrected chi connectivity index (χ3v) is 3.57. The summed E-state index contributed by atoms with van der Waals surface area (Å²) in [5, 5.41) is 23.8. The molecule has 0 aliphatic rings. The quantitative estimate of drug-likeness (QED) is 0.498. The van der Waals surface area contributed by atoms with Crippen LogP contribution in [0.1, 0.15) is 11.9 Å². The standard InChI is InChI=1S/C12H14N4O2S/c1-2-13-7-6-11-14-15-12(19-11)9-4-3-5-10(8-9)16(17)18/h3-5,8,13H,2,6-7H2,1H3. The summed E-state index contributed by atoms with van der Waals surface area (Å²) in [6.07, 6.45) is 0.820. The van der Waals surface area contributed by atoms with Crippen molar-refractivity contribution in [1.82, 2.24) is 15.5 Å². The van der Waals surface area contributed by atoms with Crippen molar-refractivity contribution >= 4 is 17.0 Å². The van der Waals surface area contributed by atoms with Crippen molar-refractivity contribution in [2.75, 3.05) is 13.1 Å². The highest BCUT2D eigenvalue weighted by Gasteiger charge is 2.11. The predicted octanol–water partition coefficient (Wildman–Crippen LogP) is 2.27. The zero-order valence-electron chi connectivity index (χ0n) is 10.5. The molecular formula is C12H14N4O2S. The normalized spacial score (nSPS) is 10.6. The lowest BCUT2D eigenvalue weighted by atomic mass is 10.2. The number of hydrogen-bond donors (Lipinski definition) is 1. The number of nitro benzene ring substituents is 1. The molecule has 0 aliphatic heterocycles. The Morgan fingerprint density at radius 2 is 2.26 bits per heavy atom. The molecular weight excluding hydrogens is 264 g/mol. The van der Waals surface area contributed by atoms with E-state index < -0.39 is 4.92 Å². The maximum atomic E-state index is 10.7. The minimum Gasteiger partial charge on any atom is -0.317 e. The van der Waals surface area contributed by atoms with Crippen LogP contribution in [0.3, 0.4) is 0 Å². The molecule has 0 spiro atoms. The number of hydrogen-bond acceptors (Lipinski definition) is 6. The molecule has 100 valence electrons. The topological polar surface area (TPSA) is 81.0 Å². The van der Waals surface area contributed by atoms with Crippen LogP contribution in [0.15, 0.2) is 24.3 Å². The van der Waals surface area contributed by atoms with Crippen LogP contribution in [0.5, 0.6) is 0 Å². The number of nitrogens with one attached hydrogen (secondary N) is 1. The first-order valence-corrected chi connectivity index (χ1v) is 6.80. The van der Waals surface area contributed by atoms with E-state index in [-0.39, 0.29) is 5.69 Å². The van der Waals surface area contributed by atoms with Crippen molar-refractivity contribution in [3.05, 3.63) is 39.4 Å². The summed E-state index contributed by atoms with van der Waals surface area (Å²) in [4.78, 5) is 10.3. The number of non-ortho nitro benzene ring substituents is 1. The largest absolute Gasteiger partial charge is 0.317 e. The van der Waals surface area contributed by atoms with Gasteiger partial charge in [-0.2, -0.15) is 0 Å². The molecule has 1 heterocycles. The van der Waals surface area contributed by atoms with Crippen molar-refractivity contribution in [1.29, 1.82) is 0 Å². The maximum Gasteiger partial charge on any atom is 0.270 e. The van der Waals surface area contributed by atoms with E-state index in [1.54, 1.807) is 6.07 Å². The fraction of sp³-hybridized carbons (Fsp3) is 0.333. The third kappa shape index (κ3) is 3.55. The van der Waals surface area contributed by atoms with Gasteiger partial charge >= 0.3 is 0 Å². The molecule has 0 saturated heterocycles. The highest BCUT2D eigenvalue weighted by atomic mass is 32.1. The Bertz CT molecular complexity index is 570. The zero-order valence-corrected chi connectivity index (χ0v) is 11.3. The summed E-state index contributed by atoms with van der Waals surface area (Å²) in [6.45, 7) is 3.84. The van der Waals surface area contributed by atoms with E-state index in [9.17, 15) is 10.1 Å². The smallest absolute Gasteiger partial charge is 0.270 e. The van der Waals surface area contributed by atoms with Gasteiger partial charge < -0.3 is 5.32 Å². The van der Waals surface area contributed by atoms with Crippen LogP contribution >= 0.6 is 11.3 Å². The second kappa shape index (κ2) is 6.35. The van der Waals surface area contributed by atoms with Gasteiger partial charge in [0.15, 0.2) is 0 Å². The third-order valence-electron chi connectivity index (χ3n) is 2.54. The average Bonchev–Trinajstić information content (AvgIpc) is 2.88. The average molecular weight is 278 g/mol. The Balaban J connectivity index is 2.13. The Hall–Kier alpha value is -1.86. The molecule has 1 aromatic heterocycles. The molecule has 0 radical (unpaired) electrons. The van der Waals surface area contributed by atoms with Crippen molar-refractivity contribution in [3.63, 3.8) is 0 Å². The number of aromatic nitrogens is 2. The minimum atomic E-state index is -0.406. The molecule has 7 heteroatoms. The monoisotopic (exact) mass is 278 g/mol. The van der Waals surface area contributed by atoms with Crippen LogP contribution in [0, 0.1) is 10.1 Å². The molecule has 0 bridgehead atoms. The summed E-state index contributed by atoms with van der Waals surface area (Å²) in [6, 6.07) is 6.46. The Labute approximate surface area is 114 Å². The van der Waals surface area contributed by atoms with Crippen molar-refractivity contribution < 1.29 is 4.92 Å². The number of nitrogens with zero attached hydrogens (tertiary/aromatic N) is 3. The molecule has 19 heavy (non-hydrogen) atoms. The fourth-order valence-corrected chi connectivity index (χ4v) is 2.43. The highest BCUT2D eigenvalue weighted by Crippen LogP contribution is 2.26. The second-order valence-electron chi connectivity index (χ2n) is 3.91. The van der Waals surface area contributed by atoms with Crippen molar-refractivity contribution in [2.24, 2.45) is 0 Å². The van der Waals surface area contributed by atoms with E-state index in [2.05, 4.69) is 22.4 Å². The fourth-order valence-electron chi connectivity index (χ4n) is 1.60. The molecule has 0 amide bonds. The van der Waals surface area contributed by atoms with Gasteiger partial charge in [0, 0.05) is 30.7 Å². The van der Waals surface area contributed by atoms with E-state index in [1.807, 2.05) is 6.07 Å². The molecule has 2 rings (SSSR count). The molecule has 2 aromatic rings. The van der Waals surface area contributed by atoms with Gasteiger partial charge in [0.25, 0.3) is 5.69 Å². The van der Waals surface area contributed by atoms with Crippen molar-refractivity contribution in [3.8, 4) is 10.6 Å². The van der Waals surface area contributed by atoms with Gasteiger partial charge in [-0.15, -0.1) is 10.2 Å². The number of rotatable bonds is 6. The van der Waals surface area contributed by atoms with Crippen LogP contribution in [-0.2, 0) is 6.42 Å². The summed E-state index contributed by atoms with van der Waals surface area (Å²) in [5.41, 5.74) is 0.809. The molecule has 1 aromatic carbocycles. The van der Waals surface area contributed by atoms with Gasteiger partial charge in [-0.05, 0) is 6.54 Å². The van der Waals surface area contributed by atoms with Gasteiger partial charge in [0.1, 0.15) is 10.0 Å². The molecule has 0 saturated carbocycles. The number of nitro groups is 1. The number of benzene rings is 1. The van der Waals surface area contributed by atoms with Gasteiger partial charge in [-0.1, -0.05) is 30.4 Å². The van der Waals surface area contributed by atoms with E-state index in [0.717, 1.165) is 35.1 Å². The van der Waals surface area contributed by atoms with Gasteiger partial charge in [0.05, 0.1) is 4.92 Å². The van der Waals surface area contributed by atoms with E-state index in [0.29, 0.717) is 0 Å². The first-order valence-electron chi connectivity index (χ1n) is 5.98. The molecule has 0 atom stereocenters. The molecule has 0 aliphatic carbocycles. The molecule has 1 N–H and O–H groups in total. The van der Waals surface area contributed by atoms with Crippen LogP contribution in [0.25, 0.3) is 10.6 Å². The van der Waals surface area contributed by atoms with Crippen LogP contribution < -0.4 is 5.32 Å². The molecule has 0 unspecified atom stereocenters. The Morgan fingerprint density at radius 1 is 1.42 bits per heavy atom. The zero-order chi connectivity index (χ0) is 13.7. The van der Waals surface area contributed by atoms with Crippen LogP contribution in [-0.4, -0.2) is 28.2 Å². The minimum absolute atomic E-state index is 0.0712. The van der Waals surface area contributed by atoms with Gasteiger partial charge in [-0.3, -0.25) is 10.1 Å². The lowest BCUT2D eigenvalue weighted by Crippen LogP contribution is -2.15. The summed E-state index contributed by atoms with van der Waals surface area (Å²) >= 11 is 1.47. The Morgan fingerprint density at radius 3 is 3.00 bits per heavy atom. The number of likely N-dealkylation sites (N-methyl/N-ethyl adjacent to an activating group) is 1. The first-order chi connectivity index (χ1) is 9.20. The Kier molecular flexibility index (Phi) is 4.53. The summed E-state index contributed by atoms with van der Waals surface area (Å²) < 4.78 is 0. The van der Waals surface area contributed by atoms with Crippen molar-refractivity contribution in [2.45, 2.75) is 13.3 Å². The van der Waals surface area contributed by atoms with Gasteiger partial charge in [0.2, 0.25) is 0 Å². The van der Waals surface area contributed by atoms with Crippen LogP contribution in [0.2, 0.25) is 0 Å². The SMILES string of the molecule is CCNCCc1nnc(-c2cccc([N+](=O)[O-])c2)s1. The highest BCUT2D eigenvalue weighted by molar-refractivity contribution is 7.14. The van der Waals surface area contributed by atoms with Gasteiger partial charge in [-0.25, -0.2) is 0 Å². The maximum absolute atomic E-state index is 10.7. The lowest BCUT2D eigenvalue weighted by molar-refractivity contribution is -0.384. The van der Waals surface area contributed by atoms with E-state index in [1.165, 1.54) is 23.5 Å². The molecule has 0 fully saturated rings. The summed E-state index contributed by atoms with van der Waals surface area (Å²) in [7, 11) is 0. The summed E-state index contributed by atoms with van der Waals surface area (Å²) in [5.74, 6) is 0. The lowest BCUT2D eigenvalue weighted by Gasteiger charge is -1.96. The second-order valence-corrected chi connectivity index (χ2v) is 4.97. The van der Waals surface area contributed by atoms with E-state index >= 15 is 0 Å². The van der Waals surface area contributed by atoms with E-state index in [4.69, 9.17) is 0 Å². The molecule has 6 nitrogen and oxygen atoms in total.